The Morgan fingerprint density at radius 3 is 3.06 bits per heavy atom. The fourth-order valence-electron chi connectivity index (χ4n) is 1.33. The normalized spacial score (nSPS) is 10.0. The van der Waals surface area contributed by atoms with Crippen LogP contribution in [0.15, 0.2) is 18.3 Å². The van der Waals surface area contributed by atoms with E-state index < -0.39 is 0 Å². The zero-order chi connectivity index (χ0) is 12.5. The van der Waals surface area contributed by atoms with Gasteiger partial charge in [0.05, 0.1) is 6.61 Å². The summed E-state index contributed by atoms with van der Waals surface area (Å²) in [6, 6.07) is 3.54. The van der Waals surface area contributed by atoms with Crippen molar-refractivity contribution in [3.8, 4) is 5.88 Å². The molecule has 1 N–H and O–H groups in total. The van der Waals surface area contributed by atoms with Crippen LogP contribution in [0.1, 0.15) is 26.2 Å². The summed E-state index contributed by atoms with van der Waals surface area (Å²) in [6.45, 7) is 2.40. The number of carbonyl (C=O) groups excluding carboxylic acids is 1. The van der Waals surface area contributed by atoms with Crippen LogP contribution >= 0.6 is 11.6 Å². The first-order valence-corrected chi connectivity index (χ1v) is 6.25. The number of unbranched alkanes of at least 4 members (excludes halogenated alkanes) is 1. The Morgan fingerprint density at radius 2 is 2.35 bits per heavy atom. The van der Waals surface area contributed by atoms with Gasteiger partial charge in [-0.05, 0) is 31.9 Å². The molecule has 0 spiro atoms. The Balaban J connectivity index is 2.52. The highest BCUT2D eigenvalue weighted by molar-refractivity contribution is 6.17. The van der Waals surface area contributed by atoms with Crippen LogP contribution < -0.4 is 10.1 Å². The van der Waals surface area contributed by atoms with Gasteiger partial charge in [-0.1, -0.05) is 0 Å². The van der Waals surface area contributed by atoms with Crippen LogP contribution in [0.25, 0.3) is 0 Å². The fourth-order valence-corrected chi connectivity index (χ4v) is 1.52. The predicted octanol–water partition coefficient (Wildman–Crippen LogP) is 2.83. The number of alkyl halides is 1. The molecule has 94 valence electrons. The Morgan fingerprint density at radius 1 is 1.53 bits per heavy atom. The van der Waals surface area contributed by atoms with Crippen molar-refractivity contribution in [2.45, 2.75) is 26.2 Å². The number of carbonyl (C=O) groups is 1. The van der Waals surface area contributed by atoms with E-state index in [0.29, 0.717) is 30.5 Å². The van der Waals surface area contributed by atoms with Gasteiger partial charge in [0, 0.05) is 18.5 Å². The Bertz CT molecular complexity index is 358. The maximum Gasteiger partial charge on any atom is 0.237 e. The van der Waals surface area contributed by atoms with Gasteiger partial charge < -0.3 is 10.1 Å². The highest BCUT2D eigenvalue weighted by Crippen LogP contribution is 2.20. The van der Waals surface area contributed by atoms with Gasteiger partial charge in [0.1, 0.15) is 5.69 Å². The van der Waals surface area contributed by atoms with Gasteiger partial charge in [0.2, 0.25) is 11.8 Å². The van der Waals surface area contributed by atoms with Gasteiger partial charge in [-0.3, -0.25) is 4.79 Å². The van der Waals surface area contributed by atoms with E-state index in [2.05, 4.69) is 10.3 Å². The van der Waals surface area contributed by atoms with Crippen LogP contribution in [0, 0.1) is 0 Å². The second-order valence-corrected chi connectivity index (χ2v) is 3.86. The van der Waals surface area contributed by atoms with Gasteiger partial charge in [0.25, 0.3) is 0 Å². The van der Waals surface area contributed by atoms with Crippen LogP contribution in [0.3, 0.4) is 0 Å². The minimum atomic E-state index is -0.0379. The molecule has 0 bridgehead atoms. The lowest BCUT2D eigenvalue weighted by Gasteiger charge is -2.09. The maximum atomic E-state index is 11.6. The number of nitrogens with one attached hydrogen (secondary N) is 1. The van der Waals surface area contributed by atoms with Crippen LogP contribution in [0.4, 0.5) is 5.69 Å². The number of pyridine rings is 1. The number of hydrogen-bond acceptors (Lipinski definition) is 3. The van der Waals surface area contributed by atoms with Crippen LogP contribution in [-0.2, 0) is 4.79 Å². The van der Waals surface area contributed by atoms with E-state index in [0.717, 1.165) is 12.8 Å². The summed E-state index contributed by atoms with van der Waals surface area (Å²) in [4.78, 5) is 15.7. The number of amides is 1. The Hall–Kier alpha value is -1.29. The zero-order valence-electron chi connectivity index (χ0n) is 9.91. The predicted molar refractivity (Wildman–Crippen MR) is 68.6 cm³/mol. The Labute approximate surface area is 106 Å². The maximum absolute atomic E-state index is 11.6. The monoisotopic (exact) mass is 256 g/mol. The molecule has 0 atom stereocenters. The molecule has 1 rings (SSSR count). The minimum absolute atomic E-state index is 0.0379. The molecule has 0 saturated carbocycles. The lowest BCUT2D eigenvalue weighted by atomic mass is 10.2. The molecule has 0 unspecified atom stereocenters. The molecule has 0 aromatic carbocycles. The van der Waals surface area contributed by atoms with Crippen molar-refractivity contribution < 1.29 is 9.53 Å². The largest absolute Gasteiger partial charge is 0.476 e. The molecule has 1 aromatic heterocycles. The Kier molecular flexibility index (Phi) is 6.40. The average molecular weight is 257 g/mol. The molecular formula is C12H17ClN2O2. The zero-order valence-corrected chi connectivity index (χ0v) is 10.7. The molecule has 0 saturated heterocycles. The van der Waals surface area contributed by atoms with Crippen molar-refractivity contribution in [3.05, 3.63) is 18.3 Å². The summed E-state index contributed by atoms with van der Waals surface area (Å²) in [5.41, 5.74) is 0.616. The first-order chi connectivity index (χ1) is 8.27. The number of halogens is 1. The smallest absolute Gasteiger partial charge is 0.237 e. The molecule has 5 heteroatoms. The second-order valence-electron chi connectivity index (χ2n) is 3.48. The molecule has 0 radical (unpaired) electrons. The molecule has 0 aliphatic heterocycles. The lowest BCUT2D eigenvalue weighted by molar-refractivity contribution is -0.116. The number of rotatable bonds is 7. The molecule has 1 amide bonds. The highest BCUT2D eigenvalue weighted by Gasteiger charge is 2.07. The summed E-state index contributed by atoms with van der Waals surface area (Å²) in [6.07, 6.45) is 3.74. The van der Waals surface area contributed by atoms with Crippen LogP contribution in [0.2, 0.25) is 0 Å². The first kappa shape index (κ1) is 13.8. The first-order valence-electron chi connectivity index (χ1n) is 5.71. The minimum Gasteiger partial charge on any atom is -0.476 e. The summed E-state index contributed by atoms with van der Waals surface area (Å²) in [5, 5.41) is 2.78. The van der Waals surface area contributed by atoms with Crippen molar-refractivity contribution >= 4 is 23.2 Å². The summed E-state index contributed by atoms with van der Waals surface area (Å²) >= 11 is 5.55. The van der Waals surface area contributed by atoms with Crippen molar-refractivity contribution in [2.75, 3.05) is 17.8 Å². The third kappa shape index (κ3) is 5.04. The number of anilines is 1. The summed E-state index contributed by atoms with van der Waals surface area (Å²) < 4.78 is 5.32. The number of ether oxygens (including phenoxy) is 1. The van der Waals surface area contributed by atoms with Crippen molar-refractivity contribution in [1.29, 1.82) is 0 Å². The topological polar surface area (TPSA) is 51.2 Å². The SMILES string of the molecule is CCOc1ncccc1NC(=O)CCCCCl. The van der Waals surface area contributed by atoms with E-state index in [1.807, 2.05) is 6.92 Å². The third-order valence-electron chi connectivity index (χ3n) is 2.11. The quantitative estimate of drug-likeness (QED) is 0.603. The van der Waals surface area contributed by atoms with Crippen LogP contribution in [0.5, 0.6) is 5.88 Å². The van der Waals surface area contributed by atoms with Gasteiger partial charge in [-0.25, -0.2) is 4.98 Å². The van der Waals surface area contributed by atoms with E-state index in [4.69, 9.17) is 16.3 Å². The van der Waals surface area contributed by atoms with Gasteiger partial charge in [0.15, 0.2) is 0 Å². The van der Waals surface area contributed by atoms with E-state index in [1.54, 1.807) is 18.3 Å². The fraction of sp³-hybridized carbons (Fsp3) is 0.500. The highest BCUT2D eigenvalue weighted by atomic mass is 35.5. The van der Waals surface area contributed by atoms with E-state index in [1.165, 1.54) is 0 Å². The molecule has 1 aromatic rings. The third-order valence-corrected chi connectivity index (χ3v) is 2.38. The van der Waals surface area contributed by atoms with E-state index >= 15 is 0 Å². The number of hydrogen-bond donors (Lipinski definition) is 1. The van der Waals surface area contributed by atoms with Crippen molar-refractivity contribution in [1.82, 2.24) is 4.98 Å². The second kappa shape index (κ2) is 7.90. The van der Waals surface area contributed by atoms with E-state index in [-0.39, 0.29) is 5.91 Å². The average Bonchev–Trinajstić information content (AvgIpc) is 2.32. The van der Waals surface area contributed by atoms with Gasteiger partial charge >= 0.3 is 0 Å². The number of nitrogens with zero attached hydrogens (tertiary/aromatic N) is 1. The van der Waals surface area contributed by atoms with Crippen molar-refractivity contribution in [3.63, 3.8) is 0 Å². The van der Waals surface area contributed by atoms with Gasteiger partial charge in [-0.2, -0.15) is 0 Å². The molecule has 17 heavy (non-hydrogen) atoms. The van der Waals surface area contributed by atoms with Gasteiger partial charge in [-0.15, -0.1) is 11.6 Å². The molecular weight excluding hydrogens is 240 g/mol. The standard InChI is InChI=1S/C12H17ClN2O2/c1-2-17-12-10(6-5-9-14-12)15-11(16)7-3-4-8-13/h5-6,9H,2-4,7-8H2,1H3,(H,15,16). The molecule has 0 aliphatic carbocycles. The van der Waals surface area contributed by atoms with Crippen LogP contribution in [-0.4, -0.2) is 23.4 Å². The lowest BCUT2D eigenvalue weighted by Crippen LogP contribution is -2.12. The van der Waals surface area contributed by atoms with E-state index in [9.17, 15) is 4.79 Å². The molecule has 0 aliphatic rings. The molecule has 4 nitrogen and oxygen atoms in total. The molecule has 1 heterocycles. The molecule has 0 fully saturated rings. The summed E-state index contributed by atoms with van der Waals surface area (Å²) in [7, 11) is 0. The van der Waals surface area contributed by atoms with Crippen molar-refractivity contribution in [2.24, 2.45) is 0 Å². The summed E-state index contributed by atoms with van der Waals surface area (Å²) in [5.74, 6) is 1.01. The number of aromatic nitrogens is 1.